The molecule has 2 N–H and O–H groups in total. The minimum Gasteiger partial charge on any atom is -0.396 e. The molecule has 0 radical (unpaired) electrons. The topological polar surface area (TPSA) is 58.0 Å². The van der Waals surface area contributed by atoms with Gasteiger partial charge in [0.2, 0.25) is 0 Å². The third-order valence-corrected chi connectivity index (χ3v) is 2.09. The Labute approximate surface area is 88.3 Å². The molecule has 0 saturated heterocycles. The summed E-state index contributed by atoms with van der Waals surface area (Å²) in [7, 11) is 0. The number of halogens is 1. The lowest BCUT2D eigenvalue weighted by Gasteiger charge is -2.10. The van der Waals surface area contributed by atoms with Gasteiger partial charge in [-0.2, -0.15) is 0 Å². The first-order valence-corrected chi connectivity index (χ1v) is 4.94. The van der Waals surface area contributed by atoms with Crippen LogP contribution in [0.3, 0.4) is 0 Å². The van der Waals surface area contributed by atoms with Crippen LogP contribution in [0.4, 0.5) is 5.82 Å². The zero-order valence-corrected chi connectivity index (χ0v) is 8.83. The zero-order valence-electron chi connectivity index (χ0n) is 8.07. The van der Waals surface area contributed by atoms with E-state index in [1.165, 1.54) is 0 Å². The maximum Gasteiger partial charge on any atom is 0.151 e. The van der Waals surface area contributed by atoms with E-state index >= 15 is 0 Å². The highest BCUT2D eigenvalue weighted by Crippen LogP contribution is 2.07. The molecule has 1 heterocycles. The molecule has 0 aromatic carbocycles. The molecule has 1 atom stereocenters. The first kappa shape index (κ1) is 11.2. The second-order valence-electron chi connectivity index (χ2n) is 3.24. The summed E-state index contributed by atoms with van der Waals surface area (Å²) in [5, 5.41) is 19.8. The number of hydrogen-bond donors (Lipinski definition) is 2. The number of rotatable bonds is 5. The molecule has 0 aliphatic heterocycles. The van der Waals surface area contributed by atoms with Crippen LogP contribution in [0.1, 0.15) is 13.3 Å². The fourth-order valence-electron chi connectivity index (χ4n) is 1.01. The summed E-state index contributed by atoms with van der Waals surface area (Å²) < 4.78 is 0. The minimum absolute atomic E-state index is 0.217. The fourth-order valence-corrected chi connectivity index (χ4v) is 1.11. The standard InChI is InChI=1S/C9H14ClN3O/c1-7(4-5-14)6-11-9-3-2-8(10)12-13-9/h2-3,7,14H,4-6H2,1H3,(H,11,13). The highest BCUT2D eigenvalue weighted by molar-refractivity contribution is 6.29. The number of nitrogens with zero attached hydrogens (tertiary/aromatic N) is 2. The van der Waals surface area contributed by atoms with E-state index < -0.39 is 0 Å². The van der Waals surface area contributed by atoms with Gasteiger partial charge in [0.1, 0.15) is 5.82 Å². The Morgan fingerprint density at radius 2 is 2.29 bits per heavy atom. The van der Waals surface area contributed by atoms with E-state index in [0.29, 0.717) is 16.9 Å². The molecule has 0 amide bonds. The molecule has 1 unspecified atom stereocenters. The smallest absolute Gasteiger partial charge is 0.151 e. The number of hydrogen-bond acceptors (Lipinski definition) is 4. The van der Waals surface area contributed by atoms with E-state index in [0.717, 1.165) is 13.0 Å². The number of anilines is 1. The van der Waals surface area contributed by atoms with E-state index in [1.807, 2.05) is 0 Å². The van der Waals surface area contributed by atoms with Crippen LogP contribution in [0.25, 0.3) is 0 Å². The van der Waals surface area contributed by atoms with E-state index in [9.17, 15) is 0 Å². The zero-order chi connectivity index (χ0) is 10.4. The summed E-state index contributed by atoms with van der Waals surface area (Å²) in [6.45, 7) is 3.05. The van der Waals surface area contributed by atoms with E-state index in [2.05, 4.69) is 22.4 Å². The Balaban J connectivity index is 2.34. The van der Waals surface area contributed by atoms with Crippen LogP contribution in [-0.2, 0) is 0 Å². The van der Waals surface area contributed by atoms with Gasteiger partial charge in [-0.15, -0.1) is 10.2 Å². The third-order valence-electron chi connectivity index (χ3n) is 1.89. The van der Waals surface area contributed by atoms with Gasteiger partial charge < -0.3 is 10.4 Å². The van der Waals surface area contributed by atoms with Crippen molar-refractivity contribution in [1.82, 2.24) is 10.2 Å². The SMILES string of the molecule is CC(CCO)CNc1ccc(Cl)nn1. The lowest BCUT2D eigenvalue weighted by molar-refractivity contribution is 0.266. The van der Waals surface area contributed by atoms with Gasteiger partial charge in [0.15, 0.2) is 5.15 Å². The molecule has 0 aliphatic rings. The van der Waals surface area contributed by atoms with Crippen molar-refractivity contribution in [1.29, 1.82) is 0 Å². The van der Waals surface area contributed by atoms with Gasteiger partial charge in [-0.25, -0.2) is 0 Å². The van der Waals surface area contributed by atoms with Gasteiger partial charge in [-0.3, -0.25) is 0 Å². The summed E-state index contributed by atoms with van der Waals surface area (Å²) in [6, 6.07) is 3.47. The lowest BCUT2D eigenvalue weighted by atomic mass is 10.1. The van der Waals surface area contributed by atoms with Crippen molar-refractivity contribution in [2.24, 2.45) is 5.92 Å². The van der Waals surface area contributed by atoms with Crippen LogP contribution in [0.2, 0.25) is 5.15 Å². The van der Waals surface area contributed by atoms with Crippen LogP contribution < -0.4 is 5.32 Å². The molecular formula is C9H14ClN3O. The van der Waals surface area contributed by atoms with Gasteiger partial charge in [0.25, 0.3) is 0 Å². The summed E-state index contributed by atoms with van der Waals surface area (Å²) in [5.74, 6) is 1.12. The molecule has 0 aliphatic carbocycles. The van der Waals surface area contributed by atoms with Gasteiger partial charge >= 0.3 is 0 Å². The van der Waals surface area contributed by atoms with E-state index in [4.69, 9.17) is 16.7 Å². The quantitative estimate of drug-likeness (QED) is 0.783. The number of aromatic nitrogens is 2. The maximum absolute atomic E-state index is 8.70. The average Bonchev–Trinajstić information content (AvgIpc) is 2.17. The summed E-state index contributed by atoms with van der Waals surface area (Å²) in [4.78, 5) is 0. The average molecular weight is 216 g/mol. The molecule has 4 nitrogen and oxygen atoms in total. The van der Waals surface area contributed by atoms with Crippen molar-refractivity contribution in [3.8, 4) is 0 Å². The predicted molar refractivity (Wildman–Crippen MR) is 56.4 cm³/mol. The van der Waals surface area contributed by atoms with Gasteiger partial charge in [0, 0.05) is 13.2 Å². The molecule has 1 rings (SSSR count). The number of aliphatic hydroxyl groups is 1. The molecule has 78 valence electrons. The van der Waals surface area contributed by atoms with E-state index in [-0.39, 0.29) is 6.61 Å². The summed E-state index contributed by atoms with van der Waals surface area (Å²) >= 11 is 5.59. The fraction of sp³-hybridized carbons (Fsp3) is 0.556. The highest BCUT2D eigenvalue weighted by Gasteiger charge is 2.01. The molecule has 1 aromatic rings. The number of aliphatic hydroxyl groups excluding tert-OH is 1. The Bertz CT molecular complexity index is 265. The molecule has 0 saturated carbocycles. The molecular weight excluding hydrogens is 202 g/mol. The summed E-state index contributed by atoms with van der Waals surface area (Å²) in [5.41, 5.74) is 0. The first-order chi connectivity index (χ1) is 6.72. The van der Waals surface area contributed by atoms with E-state index in [1.54, 1.807) is 12.1 Å². The van der Waals surface area contributed by atoms with Crippen molar-refractivity contribution in [2.75, 3.05) is 18.5 Å². The Kier molecular flexibility index (Phi) is 4.62. The second kappa shape index (κ2) is 5.78. The van der Waals surface area contributed by atoms with Gasteiger partial charge in [-0.1, -0.05) is 18.5 Å². The largest absolute Gasteiger partial charge is 0.396 e. The molecule has 0 fully saturated rings. The molecule has 1 aromatic heterocycles. The van der Waals surface area contributed by atoms with Crippen molar-refractivity contribution >= 4 is 17.4 Å². The van der Waals surface area contributed by atoms with Crippen molar-refractivity contribution in [2.45, 2.75) is 13.3 Å². The lowest BCUT2D eigenvalue weighted by Crippen LogP contribution is -2.13. The summed E-state index contributed by atoms with van der Waals surface area (Å²) in [6.07, 6.45) is 0.786. The van der Waals surface area contributed by atoms with Gasteiger partial charge in [0.05, 0.1) is 0 Å². The maximum atomic E-state index is 8.70. The van der Waals surface area contributed by atoms with Crippen molar-refractivity contribution in [3.63, 3.8) is 0 Å². The second-order valence-corrected chi connectivity index (χ2v) is 3.63. The first-order valence-electron chi connectivity index (χ1n) is 4.56. The highest BCUT2D eigenvalue weighted by atomic mass is 35.5. The Hall–Kier alpha value is -0.870. The Morgan fingerprint density at radius 1 is 1.50 bits per heavy atom. The monoisotopic (exact) mass is 215 g/mol. The van der Waals surface area contributed by atoms with Crippen LogP contribution in [-0.4, -0.2) is 28.5 Å². The molecule has 14 heavy (non-hydrogen) atoms. The van der Waals surface area contributed by atoms with Crippen LogP contribution in [0.15, 0.2) is 12.1 Å². The van der Waals surface area contributed by atoms with Crippen LogP contribution in [0, 0.1) is 5.92 Å². The third kappa shape index (κ3) is 3.89. The van der Waals surface area contributed by atoms with Crippen molar-refractivity contribution in [3.05, 3.63) is 17.3 Å². The van der Waals surface area contributed by atoms with Crippen LogP contribution in [0.5, 0.6) is 0 Å². The number of nitrogens with one attached hydrogen (secondary N) is 1. The van der Waals surface area contributed by atoms with Crippen molar-refractivity contribution < 1.29 is 5.11 Å². The minimum atomic E-state index is 0.217. The van der Waals surface area contributed by atoms with Gasteiger partial charge in [-0.05, 0) is 24.5 Å². The van der Waals surface area contributed by atoms with Crippen LogP contribution >= 0.6 is 11.6 Å². The normalized spacial score (nSPS) is 12.5. The molecule has 0 bridgehead atoms. The molecule has 0 spiro atoms. The Morgan fingerprint density at radius 3 is 2.86 bits per heavy atom. The predicted octanol–water partition coefficient (Wildman–Crippen LogP) is 1.56. The molecule has 5 heteroatoms.